The van der Waals surface area contributed by atoms with Gasteiger partial charge in [-0.1, -0.05) is 24.3 Å². The van der Waals surface area contributed by atoms with Gasteiger partial charge in [-0.2, -0.15) is 0 Å². The second-order valence-corrected chi connectivity index (χ2v) is 6.98. The maximum absolute atomic E-state index is 13.6. The molecule has 0 unspecified atom stereocenters. The highest BCUT2D eigenvalue weighted by Gasteiger charge is 2.47. The van der Waals surface area contributed by atoms with Gasteiger partial charge in [0.25, 0.3) is 0 Å². The number of esters is 1. The number of halogens is 1. The quantitative estimate of drug-likeness (QED) is 0.461. The Bertz CT molecular complexity index is 1080. The van der Waals surface area contributed by atoms with Crippen molar-refractivity contribution in [2.75, 3.05) is 31.8 Å². The van der Waals surface area contributed by atoms with Gasteiger partial charge in [-0.15, -0.1) is 0 Å². The van der Waals surface area contributed by atoms with E-state index in [1.54, 1.807) is 26.2 Å². The number of nitrogens with zero attached hydrogens (tertiary/aromatic N) is 3. The molecule has 1 aromatic heterocycles. The number of amides is 1. The minimum absolute atomic E-state index is 0.147. The number of methoxy groups -OCH3 is 1. The van der Waals surface area contributed by atoms with Crippen molar-refractivity contribution in [1.82, 2.24) is 9.55 Å². The number of hydrogen-bond acceptors (Lipinski definition) is 5. The monoisotopic (exact) mass is 411 g/mol. The third-order valence-electron chi connectivity index (χ3n) is 5.22. The maximum atomic E-state index is 13.6. The molecule has 0 N–H and O–H groups in total. The fourth-order valence-corrected chi connectivity index (χ4v) is 3.90. The lowest BCUT2D eigenvalue weighted by Gasteiger charge is -2.37. The van der Waals surface area contributed by atoms with E-state index in [1.165, 1.54) is 17.0 Å². The predicted octanol–water partition coefficient (Wildman–Crippen LogP) is 2.94. The molecule has 4 rings (SSSR count). The van der Waals surface area contributed by atoms with Crippen LogP contribution in [0.25, 0.3) is 11.0 Å². The number of hydrogen-bond donors (Lipinski definition) is 0. The van der Waals surface area contributed by atoms with Crippen LogP contribution in [0.3, 0.4) is 0 Å². The van der Waals surface area contributed by atoms with Crippen molar-refractivity contribution in [2.24, 2.45) is 5.92 Å². The van der Waals surface area contributed by atoms with Crippen LogP contribution in [0.2, 0.25) is 0 Å². The van der Waals surface area contributed by atoms with Crippen molar-refractivity contribution in [3.63, 3.8) is 0 Å². The molecule has 1 amide bonds. The van der Waals surface area contributed by atoms with Crippen LogP contribution < -0.4 is 4.90 Å². The molecule has 0 fully saturated rings. The number of imidazole rings is 1. The van der Waals surface area contributed by atoms with E-state index < -0.39 is 29.7 Å². The van der Waals surface area contributed by atoms with Crippen molar-refractivity contribution < 1.29 is 23.5 Å². The highest BCUT2D eigenvalue weighted by molar-refractivity contribution is 6.08. The predicted molar refractivity (Wildman–Crippen MR) is 109 cm³/mol. The molecule has 2 aromatic carbocycles. The summed E-state index contributed by atoms with van der Waals surface area (Å²) in [6.45, 7) is 2.36. The molecule has 0 aliphatic carbocycles. The normalized spacial score (nSPS) is 18.5. The van der Waals surface area contributed by atoms with Crippen LogP contribution in [-0.2, 0) is 19.1 Å². The molecule has 2 atom stereocenters. The average Bonchev–Trinajstić information content (AvgIpc) is 3.12. The molecule has 7 nitrogen and oxygen atoms in total. The first kappa shape index (κ1) is 20.0. The van der Waals surface area contributed by atoms with Crippen LogP contribution in [0, 0.1) is 11.7 Å². The zero-order valence-electron chi connectivity index (χ0n) is 16.7. The number of anilines is 1. The number of aromatic nitrogens is 2. The van der Waals surface area contributed by atoms with Gasteiger partial charge in [0.1, 0.15) is 5.82 Å². The Balaban J connectivity index is 1.97. The molecule has 1 aliphatic heterocycles. The molecule has 156 valence electrons. The molecule has 0 saturated carbocycles. The van der Waals surface area contributed by atoms with E-state index in [-0.39, 0.29) is 19.8 Å². The van der Waals surface area contributed by atoms with E-state index in [0.29, 0.717) is 17.0 Å². The highest BCUT2D eigenvalue weighted by atomic mass is 19.1. The molecule has 8 heteroatoms. The van der Waals surface area contributed by atoms with Gasteiger partial charge in [-0.05, 0) is 36.8 Å². The lowest BCUT2D eigenvalue weighted by atomic mass is 9.89. The van der Waals surface area contributed by atoms with Crippen molar-refractivity contribution in [3.8, 4) is 0 Å². The van der Waals surface area contributed by atoms with Crippen LogP contribution in [0.4, 0.5) is 10.3 Å². The van der Waals surface area contributed by atoms with Gasteiger partial charge in [0.15, 0.2) is 5.92 Å². The topological polar surface area (TPSA) is 73.7 Å². The van der Waals surface area contributed by atoms with Crippen LogP contribution in [0.5, 0.6) is 0 Å². The summed E-state index contributed by atoms with van der Waals surface area (Å²) in [4.78, 5) is 32.5. The van der Waals surface area contributed by atoms with Gasteiger partial charge in [-0.3, -0.25) is 14.5 Å². The second kappa shape index (κ2) is 8.23. The largest absolute Gasteiger partial charge is 0.465 e. The first-order chi connectivity index (χ1) is 14.6. The van der Waals surface area contributed by atoms with E-state index >= 15 is 0 Å². The van der Waals surface area contributed by atoms with Gasteiger partial charge in [-0.25, -0.2) is 9.37 Å². The average molecular weight is 411 g/mol. The first-order valence-corrected chi connectivity index (χ1v) is 9.76. The lowest BCUT2D eigenvalue weighted by molar-refractivity contribution is -0.153. The molecule has 2 heterocycles. The minimum atomic E-state index is -1.13. The van der Waals surface area contributed by atoms with Gasteiger partial charge < -0.3 is 14.0 Å². The number of ether oxygens (including phenoxy) is 2. The lowest BCUT2D eigenvalue weighted by Crippen LogP contribution is -2.51. The molecule has 0 radical (unpaired) electrons. The summed E-state index contributed by atoms with van der Waals surface area (Å²) in [7, 11) is 1.54. The Morgan fingerprint density at radius 1 is 1.17 bits per heavy atom. The second-order valence-electron chi connectivity index (χ2n) is 6.98. The Morgan fingerprint density at radius 2 is 1.90 bits per heavy atom. The van der Waals surface area contributed by atoms with E-state index in [4.69, 9.17) is 9.47 Å². The van der Waals surface area contributed by atoms with Crippen LogP contribution in [0.15, 0.2) is 48.5 Å². The van der Waals surface area contributed by atoms with E-state index in [0.717, 1.165) is 5.52 Å². The molecule has 3 aromatic rings. The number of carbonyl (C=O) groups is 2. The Hall–Kier alpha value is -3.26. The van der Waals surface area contributed by atoms with Crippen LogP contribution >= 0.6 is 0 Å². The standard InChI is InChI=1S/C22H22FN3O4/c1-3-30-21(28)18-19(14-8-10-15(23)11-9-14)26-17-7-5-4-6-16(17)24-22(26)25(20(18)27)12-13-29-2/h4-11,18-19H,3,12-13H2,1-2H3/t18-,19-/m0/s1. The molecule has 30 heavy (non-hydrogen) atoms. The molecule has 0 saturated heterocycles. The van der Waals surface area contributed by atoms with Crippen LogP contribution in [-0.4, -0.2) is 48.3 Å². The van der Waals surface area contributed by atoms with Crippen LogP contribution in [0.1, 0.15) is 18.5 Å². The summed E-state index contributed by atoms with van der Waals surface area (Å²) in [5.74, 6) is -2.14. The van der Waals surface area contributed by atoms with Crippen molar-refractivity contribution >= 4 is 28.9 Å². The van der Waals surface area contributed by atoms with E-state index in [1.807, 2.05) is 28.8 Å². The summed E-state index contributed by atoms with van der Waals surface area (Å²) < 4.78 is 25.9. The van der Waals surface area contributed by atoms with Gasteiger partial charge >= 0.3 is 5.97 Å². The number of fused-ring (bicyclic) bond motifs is 3. The molecular weight excluding hydrogens is 389 g/mol. The Labute approximate surface area is 173 Å². The van der Waals surface area contributed by atoms with Gasteiger partial charge in [0, 0.05) is 7.11 Å². The zero-order chi connectivity index (χ0) is 21.3. The smallest absolute Gasteiger partial charge is 0.321 e. The first-order valence-electron chi connectivity index (χ1n) is 9.76. The summed E-state index contributed by atoms with van der Waals surface area (Å²) >= 11 is 0. The van der Waals surface area contributed by atoms with Gasteiger partial charge in [0.2, 0.25) is 11.9 Å². The number of para-hydroxylation sites is 2. The molecule has 0 bridgehead atoms. The van der Waals surface area contributed by atoms with Crippen molar-refractivity contribution in [3.05, 3.63) is 59.9 Å². The fourth-order valence-electron chi connectivity index (χ4n) is 3.90. The van der Waals surface area contributed by atoms with E-state index in [9.17, 15) is 14.0 Å². The summed E-state index contributed by atoms with van der Waals surface area (Å²) in [6, 6.07) is 12.6. The SMILES string of the molecule is CCOC(=O)[C@@H]1C(=O)N(CCOC)c2nc3ccccc3n2[C@H]1c1ccc(F)cc1. The zero-order valence-corrected chi connectivity index (χ0v) is 16.7. The van der Waals surface area contributed by atoms with E-state index in [2.05, 4.69) is 4.98 Å². The Kier molecular flexibility index (Phi) is 5.50. The fraction of sp³-hybridized carbons (Fsp3) is 0.318. The maximum Gasteiger partial charge on any atom is 0.321 e. The number of benzene rings is 2. The number of carbonyl (C=O) groups excluding carboxylic acids is 2. The molecule has 1 aliphatic rings. The molecular formula is C22H22FN3O4. The molecule has 0 spiro atoms. The summed E-state index contributed by atoms with van der Waals surface area (Å²) in [5.41, 5.74) is 2.09. The summed E-state index contributed by atoms with van der Waals surface area (Å²) in [6.07, 6.45) is 0. The third kappa shape index (κ3) is 3.33. The Morgan fingerprint density at radius 3 is 2.60 bits per heavy atom. The van der Waals surface area contributed by atoms with Crippen molar-refractivity contribution in [1.29, 1.82) is 0 Å². The third-order valence-corrected chi connectivity index (χ3v) is 5.22. The number of rotatable bonds is 6. The van der Waals surface area contributed by atoms with Gasteiger partial charge in [0.05, 0.1) is 36.8 Å². The van der Waals surface area contributed by atoms with Crippen molar-refractivity contribution in [2.45, 2.75) is 13.0 Å². The minimum Gasteiger partial charge on any atom is -0.465 e. The summed E-state index contributed by atoms with van der Waals surface area (Å²) in [5, 5.41) is 0. The highest BCUT2D eigenvalue weighted by Crippen LogP contribution is 2.41.